The Morgan fingerprint density at radius 2 is 1.85 bits per heavy atom. The van der Waals surface area contributed by atoms with Crippen LogP contribution >= 0.6 is 0 Å². The summed E-state index contributed by atoms with van der Waals surface area (Å²) in [4.78, 5) is 13.5. The molecule has 0 spiro atoms. The molecule has 76 valence electrons. The van der Waals surface area contributed by atoms with Gasteiger partial charge in [0.25, 0.3) is 0 Å². The van der Waals surface area contributed by atoms with Crippen molar-refractivity contribution >= 4 is 5.91 Å². The minimum Gasteiger partial charge on any atom is -0.342 e. The van der Waals surface area contributed by atoms with Crippen molar-refractivity contribution in [1.29, 1.82) is 0 Å². The Labute approximate surface area is 80.5 Å². The molecule has 0 atom stereocenters. The molecule has 0 aliphatic carbocycles. The number of hydrogen-bond donors (Lipinski definition) is 1. The lowest BCUT2D eigenvalue weighted by Crippen LogP contribution is -2.44. The summed E-state index contributed by atoms with van der Waals surface area (Å²) in [6, 6.07) is 0. The monoisotopic (exact) mass is 184 g/mol. The highest BCUT2D eigenvalue weighted by atomic mass is 16.2. The Balaban J connectivity index is 2.25. The van der Waals surface area contributed by atoms with E-state index in [0.29, 0.717) is 6.54 Å². The van der Waals surface area contributed by atoms with Crippen LogP contribution in [0.25, 0.3) is 0 Å². The van der Waals surface area contributed by atoms with Crippen molar-refractivity contribution in [1.82, 2.24) is 10.2 Å². The highest BCUT2D eigenvalue weighted by Crippen LogP contribution is 2.07. The number of hydrogen-bond acceptors (Lipinski definition) is 2. The number of carbonyl (C=O) groups excluding carboxylic acids is 1. The van der Waals surface area contributed by atoms with Crippen LogP contribution < -0.4 is 5.32 Å². The number of likely N-dealkylation sites (tertiary alicyclic amines) is 1. The van der Waals surface area contributed by atoms with Gasteiger partial charge in [-0.3, -0.25) is 4.79 Å². The summed E-state index contributed by atoms with van der Waals surface area (Å²) in [7, 11) is 0. The largest absolute Gasteiger partial charge is 0.342 e. The lowest BCUT2D eigenvalue weighted by atomic mass is 10.1. The van der Waals surface area contributed by atoms with Crippen LogP contribution in [-0.4, -0.2) is 36.0 Å². The van der Waals surface area contributed by atoms with Crippen molar-refractivity contribution in [2.24, 2.45) is 0 Å². The first-order valence-electron chi connectivity index (χ1n) is 5.02. The van der Waals surface area contributed by atoms with Crippen molar-refractivity contribution in [3.63, 3.8) is 0 Å². The molecule has 0 unspecified atom stereocenters. The fraction of sp³-hybridized carbons (Fsp3) is 0.900. The summed E-state index contributed by atoms with van der Waals surface area (Å²) in [5.41, 5.74) is 0.0371. The van der Waals surface area contributed by atoms with Gasteiger partial charge in [-0.25, -0.2) is 0 Å². The van der Waals surface area contributed by atoms with Gasteiger partial charge >= 0.3 is 0 Å². The van der Waals surface area contributed by atoms with Crippen LogP contribution in [0.1, 0.15) is 33.6 Å². The van der Waals surface area contributed by atoms with Crippen molar-refractivity contribution < 1.29 is 4.79 Å². The van der Waals surface area contributed by atoms with E-state index in [9.17, 15) is 4.79 Å². The van der Waals surface area contributed by atoms with Gasteiger partial charge in [-0.15, -0.1) is 0 Å². The van der Waals surface area contributed by atoms with Crippen molar-refractivity contribution in [3.8, 4) is 0 Å². The molecular weight excluding hydrogens is 164 g/mol. The van der Waals surface area contributed by atoms with E-state index in [0.717, 1.165) is 13.1 Å². The molecule has 1 heterocycles. The highest BCUT2D eigenvalue weighted by molar-refractivity contribution is 5.78. The molecule has 1 aliphatic rings. The topological polar surface area (TPSA) is 32.3 Å². The second kappa shape index (κ2) is 4.09. The van der Waals surface area contributed by atoms with Gasteiger partial charge in [0.15, 0.2) is 0 Å². The van der Waals surface area contributed by atoms with Crippen LogP contribution in [0.3, 0.4) is 0 Å². The average Bonchev–Trinajstić information content (AvgIpc) is 2.50. The first-order valence-corrected chi connectivity index (χ1v) is 5.02. The predicted molar refractivity (Wildman–Crippen MR) is 53.6 cm³/mol. The van der Waals surface area contributed by atoms with Crippen molar-refractivity contribution in [3.05, 3.63) is 0 Å². The summed E-state index contributed by atoms with van der Waals surface area (Å²) < 4.78 is 0. The molecule has 1 saturated heterocycles. The van der Waals surface area contributed by atoms with Gasteiger partial charge in [0, 0.05) is 18.6 Å². The molecule has 1 N–H and O–H groups in total. The lowest BCUT2D eigenvalue weighted by Gasteiger charge is -2.22. The highest BCUT2D eigenvalue weighted by Gasteiger charge is 2.19. The van der Waals surface area contributed by atoms with Crippen LogP contribution in [0.2, 0.25) is 0 Å². The fourth-order valence-corrected chi connectivity index (χ4v) is 1.42. The van der Waals surface area contributed by atoms with Crippen LogP contribution in [0, 0.1) is 0 Å². The maximum atomic E-state index is 11.6. The number of nitrogens with one attached hydrogen (secondary N) is 1. The van der Waals surface area contributed by atoms with Crippen LogP contribution in [0.15, 0.2) is 0 Å². The van der Waals surface area contributed by atoms with Gasteiger partial charge in [-0.05, 0) is 33.6 Å². The summed E-state index contributed by atoms with van der Waals surface area (Å²) in [5, 5.41) is 3.21. The molecule has 0 aromatic carbocycles. The number of nitrogens with zero attached hydrogens (tertiary/aromatic N) is 1. The van der Waals surface area contributed by atoms with E-state index in [2.05, 4.69) is 26.1 Å². The average molecular weight is 184 g/mol. The van der Waals surface area contributed by atoms with Crippen LogP contribution in [0.5, 0.6) is 0 Å². The van der Waals surface area contributed by atoms with E-state index < -0.39 is 0 Å². The standard InChI is InChI=1S/C10H20N2O/c1-10(2,3)11-8-9(13)12-6-4-5-7-12/h11H,4-8H2,1-3H3. The zero-order valence-corrected chi connectivity index (χ0v) is 8.89. The Morgan fingerprint density at radius 1 is 1.31 bits per heavy atom. The zero-order chi connectivity index (χ0) is 9.90. The molecule has 1 rings (SSSR count). The Hall–Kier alpha value is -0.570. The van der Waals surface area contributed by atoms with Crippen molar-refractivity contribution in [2.75, 3.05) is 19.6 Å². The van der Waals surface area contributed by atoms with E-state index in [1.807, 2.05) is 4.90 Å². The zero-order valence-electron chi connectivity index (χ0n) is 8.89. The van der Waals surface area contributed by atoms with Gasteiger partial charge in [-0.2, -0.15) is 0 Å². The first-order chi connectivity index (χ1) is 5.99. The van der Waals surface area contributed by atoms with Gasteiger partial charge in [-0.1, -0.05) is 0 Å². The van der Waals surface area contributed by atoms with Gasteiger partial charge < -0.3 is 10.2 Å². The predicted octanol–water partition coefficient (Wildman–Crippen LogP) is 0.997. The molecule has 0 aromatic heterocycles. The van der Waals surface area contributed by atoms with Gasteiger partial charge in [0.2, 0.25) is 5.91 Å². The summed E-state index contributed by atoms with van der Waals surface area (Å²) in [6.07, 6.45) is 2.34. The third-order valence-corrected chi connectivity index (χ3v) is 2.23. The fourth-order valence-electron chi connectivity index (χ4n) is 1.42. The maximum Gasteiger partial charge on any atom is 0.236 e. The second-order valence-electron chi connectivity index (χ2n) is 4.69. The maximum absolute atomic E-state index is 11.6. The molecule has 13 heavy (non-hydrogen) atoms. The van der Waals surface area contributed by atoms with E-state index in [1.54, 1.807) is 0 Å². The first kappa shape index (κ1) is 10.5. The van der Waals surface area contributed by atoms with Crippen LogP contribution in [-0.2, 0) is 4.79 Å². The third-order valence-electron chi connectivity index (χ3n) is 2.23. The van der Waals surface area contributed by atoms with E-state index >= 15 is 0 Å². The van der Waals surface area contributed by atoms with E-state index in [-0.39, 0.29) is 11.4 Å². The Kier molecular flexibility index (Phi) is 3.31. The quantitative estimate of drug-likeness (QED) is 0.694. The third kappa shape index (κ3) is 3.77. The van der Waals surface area contributed by atoms with E-state index in [4.69, 9.17) is 0 Å². The molecule has 3 nitrogen and oxygen atoms in total. The lowest BCUT2D eigenvalue weighted by molar-refractivity contribution is -0.129. The molecule has 1 fully saturated rings. The minimum absolute atomic E-state index is 0.0371. The van der Waals surface area contributed by atoms with Crippen molar-refractivity contribution in [2.45, 2.75) is 39.2 Å². The van der Waals surface area contributed by atoms with Gasteiger partial charge in [0.05, 0.1) is 6.54 Å². The molecule has 0 aromatic rings. The molecule has 1 aliphatic heterocycles. The Morgan fingerprint density at radius 3 is 2.31 bits per heavy atom. The van der Waals surface area contributed by atoms with Crippen LogP contribution in [0.4, 0.5) is 0 Å². The number of rotatable bonds is 2. The summed E-state index contributed by atoms with van der Waals surface area (Å²) in [5.74, 6) is 0.243. The molecular formula is C10H20N2O. The second-order valence-corrected chi connectivity index (χ2v) is 4.69. The number of amides is 1. The SMILES string of the molecule is CC(C)(C)NCC(=O)N1CCCC1. The molecule has 1 amide bonds. The molecule has 0 radical (unpaired) electrons. The Bertz CT molecular complexity index is 178. The summed E-state index contributed by atoms with van der Waals surface area (Å²) in [6.45, 7) is 8.59. The molecule has 3 heteroatoms. The van der Waals surface area contributed by atoms with Gasteiger partial charge in [0.1, 0.15) is 0 Å². The molecule has 0 saturated carbocycles. The van der Waals surface area contributed by atoms with E-state index in [1.165, 1.54) is 12.8 Å². The minimum atomic E-state index is 0.0371. The smallest absolute Gasteiger partial charge is 0.236 e. The molecule has 0 bridgehead atoms. The normalized spacial score (nSPS) is 17.9. The summed E-state index contributed by atoms with van der Waals surface area (Å²) >= 11 is 0. The number of carbonyl (C=O) groups is 1.